The van der Waals surface area contributed by atoms with Crippen molar-refractivity contribution < 1.29 is 9.53 Å². The molecule has 0 aromatic heterocycles. The van der Waals surface area contributed by atoms with Crippen LogP contribution in [0.5, 0.6) is 0 Å². The molecule has 0 aliphatic rings. The Morgan fingerprint density at radius 2 is 2.00 bits per heavy atom. The number of nitrogen functional groups attached to an aromatic ring is 1. The van der Waals surface area contributed by atoms with Gasteiger partial charge in [0, 0.05) is 35.9 Å². The molecule has 1 rings (SSSR count). The Balaban J connectivity index is 2.75. The van der Waals surface area contributed by atoms with Crippen LogP contribution in [0.2, 0.25) is 0 Å². The lowest BCUT2D eigenvalue weighted by Gasteiger charge is -2.23. The maximum atomic E-state index is 12.6. The van der Waals surface area contributed by atoms with Gasteiger partial charge in [-0.3, -0.25) is 4.79 Å². The number of hydrogen-bond donors (Lipinski definition) is 1. The van der Waals surface area contributed by atoms with Crippen LogP contribution in [-0.4, -0.2) is 63.2 Å². The van der Waals surface area contributed by atoms with E-state index in [4.69, 9.17) is 10.5 Å². The second-order valence-electron chi connectivity index (χ2n) is 5.18. The molecule has 0 aliphatic carbocycles. The van der Waals surface area contributed by atoms with Crippen molar-refractivity contribution in [2.75, 3.05) is 53.2 Å². The van der Waals surface area contributed by atoms with Gasteiger partial charge in [-0.05, 0) is 61.2 Å². The largest absolute Gasteiger partial charge is 0.398 e. The topological polar surface area (TPSA) is 58.8 Å². The SMILES string of the molecule is COCCN(CCCN(C)C)C(=O)c1ccc(N)c(Br)c1. The number of carbonyl (C=O) groups excluding carboxylic acids is 1. The standard InChI is InChI=1S/C15H24BrN3O2/c1-18(2)7-4-8-19(9-10-21-3)15(20)12-5-6-14(17)13(16)11-12/h5-6,11H,4,7-10,17H2,1-3H3. The maximum absolute atomic E-state index is 12.6. The lowest BCUT2D eigenvalue weighted by molar-refractivity contribution is 0.0689. The molecule has 0 atom stereocenters. The summed E-state index contributed by atoms with van der Waals surface area (Å²) in [6.07, 6.45) is 0.929. The van der Waals surface area contributed by atoms with Gasteiger partial charge in [-0.2, -0.15) is 0 Å². The number of ether oxygens (including phenoxy) is 1. The van der Waals surface area contributed by atoms with Crippen molar-refractivity contribution in [1.29, 1.82) is 0 Å². The number of amides is 1. The Hall–Kier alpha value is -1.11. The molecule has 6 heteroatoms. The molecular formula is C15H24BrN3O2. The van der Waals surface area contributed by atoms with E-state index in [0.717, 1.165) is 17.4 Å². The molecule has 0 bridgehead atoms. The zero-order valence-corrected chi connectivity index (χ0v) is 14.5. The second-order valence-corrected chi connectivity index (χ2v) is 6.03. The molecule has 0 spiro atoms. The molecule has 1 aromatic rings. The molecule has 2 N–H and O–H groups in total. The number of halogens is 1. The first-order chi connectivity index (χ1) is 9.95. The van der Waals surface area contributed by atoms with Crippen molar-refractivity contribution in [2.24, 2.45) is 0 Å². The van der Waals surface area contributed by atoms with Crippen LogP contribution in [0.25, 0.3) is 0 Å². The summed E-state index contributed by atoms with van der Waals surface area (Å²) in [5, 5.41) is 0. The summed E-state index contributed by atoms with van der Waals surface area (Å²) in [6, 6.07) is 5.27. The highest BCUT2D eigenvalue weighted by Gasteiger charge is 2.16. The molecule has 1 amide bonds. The normalized spacial score (nSPS) is 10.9. The summed E-state index contributed by atoms with van der Waals surface area (Å²) in [7, 11) is 5.69. The number of methoxy groups -OCH3 is 1. The van der Waals surface area contributed by atoms with E-state index in [1.807, 2.05) is 19.0 Å². The molecule has 5 nitrogen and oxygen atoms in total. The van der Waals surface area contributed by atoms with E-state index >= 15 is 0 Å². The van der Waals surface area contributed by atoms with E-state index in [1.54, 1.807) is 25.3 Å². The number of hydrogen-bond acceptors (Lipinski definition) is 4. The van der Waals surface area contributed by atoms with Gasteiger partial charge in [0.25, 0.3) is 5.91 Å². The van der Waals surface area contributed by atoms with E-state index in [0.29, 0.717) is 30.9 Å². The average Bonchev–Trinajstić information content (AvgIpc) is 2.44. The molecule has 21 heavy (non-hydrogen) atoms. The monoisotopic (exact) mass is 357 g/mol. The number of nitrogens with two attached hydrogens (primary N) is 1. The first-order valence-electron chi connectivity index (χ1n) is 6.93. The van der Waals surface area contributed by atoms with Crippen molar-refractivity contribution in [2.45, 2.75) is 6.42 Å². The van der Waals surface area contributed by atoms with Crippen molar-refractivity contribution in [3.63, 3.8) is 0 Å². The quantitative estimate of drug-likeness (QED) is 0.723. The lowest BCUT2D eigenvalue weighted by Crippen LogP contribution is -2.36. The van der Waals surface area contributed by atoms with Crippen LogP contribution in [0.15, 0.2) is 22.7 Å². The Kier molecular flexibility index (Phi) is 7.71. The third-order valence-electron chi connectivity index (χ3n) is 3.13. The minimum atomic E-state index is 0.00602. The Labute approximate surface area is 135 Å². The predicted octanol–water partition coefficient (Wildman–Crippen LogP) is 2.07. The number of carbonyl (C=O) groups is 1. The van der Waals surface area contributed by atoms with Crippen LogP contribution < -0.4 is 5.73 Å². The van der Waals surface area contributed by atoms with Gasteiger partial charge in [-0.25, -0.2) is 0 Å². The molecule has 0 unspecified atom stereocenters. The van der Waals surface area contributed by atoms with Gasteiger partial charge in [0.1, 0.15) is 0 Å². The highest BCUT2D eigenvalue weighted by molar-refractivity contribution is 9.10. The van der Waals surface area contributed by atoms with Gasteiger partial charge in [0.15, 0.2) is 0 Å². The smallest absolute Gasteiger partial charge is 0.253 e. The number of anilines is 1. The molecule has 0 fully saturated rings. The van der Waals surface area contributed by atoms with Gasteiger partial charge in [-0.15, -0.1) is 0 Å². The van der Waals surface area contributed by atoms with Crippen molar-refractivity contribution in [1.82, 2.24) is 9.80 Å². The predicted molar refractivity (Wildman–Crippen MR) is 89.5 cm³/mol. The van der Waals surface area contributed by atoms with Crippen molar-refractivity contribution in [3.8, 4) is 0 Å². The fourth-order valence-corrected chi connectivity index (χ4v) is 2.32. The zero-order valence-electron chi connectivity index (χ0n) is 12.9. The minimum absolute atomic E-state index is 0.00602. The van der Waals surface area contributed by atoms with Crippen LogP contribution in [0.1, 0.15) is 16.8 Å². The molecule has 0 saturated heterocycles. The number of nitrogens with zero attached hydrogens (tertiary/aromatic N) is 2. The molecule has 0 radical (unpaired) electrons. The highest BCUT2D eigenvalue weighted by atomic mass is 79.9. The van der Waals surface area contributed by atoms with Gasteiger partial charge >= 0.3 is 0 Å². The van der Waals surface area contributed by atoms with Crippen LogP contribution in [0.4, 0.5) is 5.69 Å². The number of benzene rings is 1. The summed E-state index contributed by atoms with van der Waals surface area (Å²) in [6.45, 7) is 2.78. The first-order valence-corrected chi connectivity index (χ1v) is 7.73. The van der Waals surface area contributed by atoms with Gasteiger partial charge < -0.3 is 20.3 Å². The molecule has 0 heterocycles. The second kappa shape index (κ2) is 9.02. The zero-order chi connectivity index (χ0) is 15.8. The third kappa shape index (κ3) is 6.03. The first kappa shape index (κ1) is 17.9. The summed E-state index contributed by atoms with van der Waals surface area (Å²) in [5.41, 5.74) is 7.02. The summed E-state index contributed by atoms with van der Waals surface area (Å²) >= 11 is 3.36. The van der Waals surface area contributed by atoms with Crippen LogP contribution in [0.3, 0.4) is 0 Å². The van der Waals surface area contributed by atoms with Crippen LogP contribution in [-0.2, 0) is 4.74 Å². The number of rotatable bonds is 8. The van der Waals surface area contributed by atoms with E-state index in [1.165, 1.54) is 0 Å². The summed E-state index contributed by atoms with van der Waals surface area (Å²) in [4.78, 5) is 16.5. The molecule has 1 aromatic carbocycles. The third-order valence-corrected chi connectivity index (χ3v) is 3.82. The fourth-order valence-electron chi connectivity index (χ4n) is 1.94. The van der Waals surface area contributed by atoms with Gasteiger partial charge in [-0.1, -0.05) is 0 Å². The Morgan fingerprint density at radius 3 is 2.57 bits per heavy atom. The lowest BCUT2D eigenvalue weighted by atomic mass is 10.1. The fraction of sp³-hybridized carbons (Fsp3) is 0.533. The Morgan fingerprint density at radius 1 is 1.29 bits per heavy atom. The summed E-state index contributed by atoms with van der Waals surface area (Å²) in [5.74, 6) is 0.00602. The van der Waals surface area contributed by atoms with E-state index in [2.05, 4.69) is 20.8 Å². The van der Waals surface area contributed by atoms with Crippen LogP contribution >= 0.6 is 15.9 Å². The highest BCUT2D eigenvalue weighted by Crippen LogP contribution is 2.21. The van der Waals surface area contributed by atoms with E-state index < -0.39 is 0 Å². The maximum Gasteiger partial charge on any atom is 0.253 e. The van der Waals surface area contributed by atoms with Gasteiger partial charge in [0.05, 0.1) is 6.61 Å². The van der Waals surface area contributed by atoms with E-state index in [-0.39, 0.29) is 5.91 Å². The van der Waals surface area contributed by atoms with E-state index in [9.17, 15) is 4.79 Å². The molecule has 0 saturated carbocycles. The summed E-state index contributed by atoms with van der Waals surface area (Å²) < 4.78 is 5.84. The van der Waals surface area contributed by atoms with Crippen LogP contribution in [0, 0.1) is 0 Å². The Bertz CT molecular complexity index is 466. The van der Waals surface area contributed by atoms with Gasteiger partial charge in [0.2, 0.25) is 0 Å². The molecule has 0 aliphatic heterocycles. The average molecular weight is 358 g/mol. The minimum Gasteiger partial charge on any atom is -0.398 e. The van der Waals surface area contributed by atoms with Crippen molar-refractivity contribution >= 4 is 27.5 Å². The van der Waals surface area contributed by atoms with Crippen molar-refractivity contribution in [3.05, 3.63) is 28.2 Å². The molecular weight excluding hydrogens is 334 g/mol. The molecule has 118 valence electrons.